The van der Waals surface area contributed by atoms with Crippen molar-refractivity contribution in [1.29, 1.82) is 0 Å². The van der Waals surface area contributed by atoms with Gasteiger partial charge < -0.3 is 4.74 Å². The lowest BCUT2D eigenvalue weighted by Crippen LogP contribution is -2.06. The first-order valence-electron chi connectivity index (χ1n) is 7.32. The van der Waals surface area contributed by atoms with Crippen LogP contribution in [0.3, 0.4) is 0 Å². The molecule has 0 heterocycles. The maximum Gasteiger partial charge on any atom is 0.338 e. The number of carbonyl (C=O) groups is 1. The minimum Gasteiger partial charge on any atom is -0.462 e. The van der Waals surface area contributed by atoms with Gasteiger partial charge in [0.15, 0.2) is 0 Å². The van der Waals surface area contributed by atoms with E-state index < -0.39 is 0 Å². The van der Waals surface area contributed by atoms with Gasteiger partial charge in [-0.3, -0.25) is 0 Å². The molecule has 0 saturated carbocycles. The molecule has 0 radical (unpaired) electrons. The first-order chi connectivity index (χ1) is 9.77. The third-order valence-electron chi connectivity index (χ3n) is 3.13. The second kappa shape index (κ2) is 10.7. The Balaban J connectivity index is 2.22. The number of benzene rings is 1. The summed E-state index contributed by atoms with van der Waals surface area (Å²) in [6.07, 6.45) is 9.10. The molecule has 20 heavy (non-hydrogen) atoms. The Labute approximate surface area is 130 Å². The van der Waals surface area contributed by atoms with Gasteiger partial charge in [0.05, 0.1) is 12.2 Å². The van der Waals surface area contributed by atoms with Crippen LogP contribution in [0.15, 0.2) is 29.3 Å². The van der Waals surface area contributed by atoms with Crippen LogP contribution >= 0.6 is 15.9 Å². The molecule has 3 heteroatoms. The van der Waals surface area contributed by atoms with Gasteiger partial charge in [-0.2, -0.15) is 0 Å². The minimum absolute atomic E-state index is 0.229. The summed E-state index contributed by atoms with van der Waals surface area (Å²) in [5.74, 6) is -0.229. The summed E-state index contributed by atoms with van der Waals surface area (Å²) in [5.41, 5.74) is 1.66. The highest BCUT2D eigenvalue weighted by atomic mass is 79.9. The standard InChI is InChI=1S/C17H23BrO2/c1-2-3-4-5-6-7-14-20-17(19)16-10-8-15(9-11-16)12-13-18/h8-13H,2-7,14H2,1H3/b13-12-. The fourth-order valence-corrected chi connectivity index (χ4v) is 2.24. The minimum atomic E-state index is -0.229. The number of ether oxygens (including phenoxy) is 1. The summed E-state index contributed by atoms with van der Waals surface area (Å²) in [7, 11) is 0. The Morgan fingerprint density at radius 1 is 1.10 bits per heavy atom. The first kappa shape index (κ1) is 17.0. The molecule has 0 aliphatic rings. The van der Waals surface area contributed by atoms with Crippen molar-refractivity contribution >= 4 is 28.0 Å². The van der Waals surface area contributed by atoms with E-state index in [9.17, 15) is 4.79 Å². The van der Waals surface area contributed by atoms with Crippen molar-refractivity contribution in [3.63, 3.8) is 0 Å². The molecular formula is C17H23BrO2. The van der Waals surface area contributed by atoms with Crippen LogP contribution in [0.5, 0.6) is 0 Å². The number of hydrogen-bond acceptors (Lipinski definition) is 2. The van der Waals surface area contributed by atoms with Crippen molar-refractivity contribution < 1.29 is 9.53 Å². The van der Waals surface area contributed by atoms with Crippen molar-refractivity contribution in [2.24, 2.45) is 0 Å². The van der Waals surface area contributed by atoms with Crippen LogP contribution in [-0.2, 0) is 4.74 Å². The van der Waals surface area contributed by atoms with E-state index in [0.29, 0.717) is 12.2 Å². The Morgan fingerprint density at radius 2 is 1.75 bits per heavy atom. The molecule has 0 atom stereocenters. The quantitative estimate of drug-likeness (QED) is 0.434. The van der Waals surface area contributed by atoms with E-state index >= 15 is 0 Å². The zero-order valence-corrected chi connectivity index (χ0v) is 13.7. The predicted octanol–water partition coefficient (Wildman–Crippen LogP) is 5.57. The number of rotatable bonds is 9. The topological polar surface area (TPSA) is 26.3 Å². The molecule has 0 bridgehead atoms. The maximum absolute atomic E-state index is 11.8. The number of unbranched alkanes of at least 4 members (excludes halogenated alkanes) is 5. The third-order valence-corrected chi connectivity index (χ3v) is 3.40. The van der Waals surface area contributed by atoms with Crippen LogP contribution in [0, 0.1) is 0 Å². The fraction of sp³-hybridized carbons (Fsp3) is 0.471. The maximum atomic E-state index is 11.8. The molecule has 0 fully saturated rings. The molecule has 0 unspecified atom stereocenters. The zero-order valence-electron chi connectivity index (χ0n) is 12.1. The smallest absolute Gasteiger partial charge is 0.338 e. The van der Waals surface area contributed by atoms with Crippen LogP contribution in [0.2, 0.25) is 0 Å². The summed E-state index contributed by atoms with van der Waals surface area (Å²) < 4.78 is 5.27. The van der Waals surface area contributed by atoms with E-state index in [1.54, 1.807) is 17.1 Å². The zero-order chi connectivity index (χ0) is 14.6. The van der Waals surface area contributed by atoms with Gasteiger partial charge in [-0.25, -0.2) is 4.79 Å². The SMILES string of the molecule is CCCCCCCCOC(=O)c1ccc(/C=C\Br)cc1. The molecule has 0 aromatic heterocycles. The Hall–Kier alpha value is -1.09. The lowest BCUT2D eigenvalue weighted by molar-refractivity contribution is 0.0497. The van der Waals surface area contributed by atoms with Gasteiger partial charge in [0.25, 0.3) is 0 Å². The highest BCUT2D eigenvalue weighted by molar-refractivity contribution is 9.11. The fourth-order valence-electron chi connectivity index (χ4n) is 1.93. The van der Waals surface area contributed by atoms with Crippen molar-refractivity contribution in [3.8, 4) is 0 Å². The van der Waals surface area contributed by atoms with Crippen LogP contribution in [0.1, 0.15) is 61.4 Å². The van der Waals surface area contributed by atoms with Crippen molar-refractivity contribution in [3.05, 3.63) is 40.4 Å². The van der Waals surface area contributed by atoms with E-state index in [4.69, 9.17) is 4.74 Å². The molecule has 0 aliphatic carbocycles. The summed E-state index contributed by atoms with van der Waals surface area (Å²) in [5, 5.41) is 0. The van der Waals surface area contributed by atoms with Gasteiger partial charge in [0, 0.05) is 0 Å². The number of hydrogen-bond donors (Lipinski definition) is 0. The van der Waals surface area contributed by atoms with Crippen LogP contribution in [0.25, 0.3) is 6.08 Å². The summed E-state index contributed by atoms with van der Waals surface area (Å²) in [4.78, 5) is 13.6. The van der Waals surface area contributed by atoms with E-state index in [-0.39, 0.29) is 5.97 Å². The van der Waals surface area contributed by atoms with Crippen molar-refractivity contribution in [1.82, 2.24) is 0 Å². The normalized spacial score (nSPS) is 10.9. The third kappa shape index (κ3) is 6.90. The van der Waals surface area contributed by atoms with Crippen molar-refractivity contribution in [2.75, 3.05) is 6.61 Å². The monoisotopic (exact) mass is 338 g/mol. The van der Waals surface area contributed by atoms with Crippen molar-refractivity contribution in [2.45, 2.75) is 45.4 Å². The van der Waals surface area contributed by atoms with Gasteiger partial charge >= 0.3 is 5.97 Å². The van der Waals surface area contributed by atoms with Crippen LogP contribution in [0.4, 0.5) is 0 Å². The van der Waals surface area contributed by atoms with E-state index in [2.05, 4.69) is 22.9 Å². The van der Waals surface area contributed by atoms with E-state index in [1.165, 1.54) is 25.7 Å². The molecular weight excluding hydrogens is 316 g/mol. The first-order valence-corrected chi connectivity index (χ1v) is 8.23. The molecule has 0 spiro atoms. The second-order valence-corrected chi connectivity index (χ2v) is 5.35. The summed E-state index contributed by atoms with van der Waals surface area (Å²) >= 11 is 3.23. The molecule has 0 N–H and O–H groups in total. The molecule has 0 aliphatic heterocycles. The molecule has 110 valence electrons. The number of halogens is 1. The Morgan fingerprint density at radius 3 is 2.40 bits per heavy atom. The molecule has 1 rings (SSSR count). The van der Waals surface area contributed by atoms with E-state index in [0.717, 1.165) is 18.4 Å². The Kier molecular flexibility index (Phi) is 9.05. The second-order valence-electron chi connectivity index (χ2n) is 4.82. The average Bonchev–Trinajstić information content (AvgIpc) is 2.47. The summed E-state index contributed by atoms with van der Waals surface area (Å²) in [6.45, 7) is 2.73. The molecule has 1 aromatic rings. The largest absolute Gasteiger partial charge is 0.462 e. The van der Waals surface area contributed by atoms with Gasteiger partial charge in [0.1, 0.15) is 0 Å². The summed E-state index contributed by atoms with van der Waals surface area (Å²) in [6, 6.07) is 7.40. The highest BCUT2D eigenvalue weighted by Gasteiger charge is 2.05. The lowest BCUT2D eigenvalue weighted by atomic mass is 10.1. The molecule has 1 aromatic carbocycles. The van der Waals surface area contributed by atoms with Gasteiger partial charge in [0.2, 0.25) is 0 Å². The highest BCUT2D eigenvalue weighted by Crippen LogP contribution is 2.09. The van der Waals surface area contributed by atoms with Gasteiger partial charge in [-0.1, -0.05) is 67.1 Å². The number of carbonyl (C=O) groups excluding carboxylic acids is 1. The van der Waals surface area contributed by atoms with Gasteiger partial charge in [-0.15, -0.1) is 0 Å². The van der Waals surface area contributed by atoms with Crippen LogP contribution < -0.4 is 0 Å². The van der Waals surface area contributed by atoms with E-state index in [1.807, 2.05) is 18.2 Å². The lowest BCUT2D eigenvalue weighted by Gasteiger charge is -2.05. The molecule has 0 amide bonds. The Bertz CT molecular complexity index is 410. The van der Waals surface area contributed by atoms with Crippen LogP contribution in [-0.4, -0.2) is 12.6 Å². The number of esters is 1. The molecule has 2 nitrogen and oxygen atoms in total. The predicted molar refractivity (Wildman–Crippen MR) is 88.1 cm³/mol. The molecule has 0 saturated heterocycles. The average molecular weight is 339 g/mol. The van der Waals surface area contributed by atoms with Gasteiger partial charge in [-0.05, 0) is 35.2 Å².